The summed E-state index contributed by atoms with van der Waals surface area (Å²) in [7, 11) is 0. The van der Waals surface area contributed by atoms with Gasteiger partial charge in [-0.15, -0.1) is 11.3 Å². The lowest BCUT2D eigenvalue weighted by Crippen LogP contribution is -1.89. The molecule has 0 bridgehead atoms. The van der Waals surface area contributed by atoms with Crippen LogP contribution in [0.25, 0.3) is 0 Å². The molecular formula is C14H25NS. The van der Waals surface area contributed by atoms with Gasteiger partial charge in [-0.2, -0.15) is 0 Å². The number of rotatable bonds is 9. The summed E-state index contributed by atoms with van der Waals surface area (Å²) in [6.07, 6.45) is 12.2. The van der Waals surface area contributed by atoms with Crippen LogP contribution in [0, 0.1) is 0 Å². The molecule has 0 aliphatic carbocycles. The largest absolute Gasteiger partial charge is 0.390 e. The van der Waals surface area contributed by atoms with Gasteiger partial charge in [0, 0.05) is 0 Å². The zero-order chi connectivity index (χ0) is 11.6. The van der Waals surface area contributed by atoms with E-state index in [1.165, 1.54) is 63.4 Å². The number of aryl methyl sites for hydroxylation is 1. The maximum Gasteiger partial charge on any atom is 0.0888 e. The number of hydrogen-bond donors (Lipinski definition) is 1. The molecule has 0 radical (unpaired) electrons. The molecule has 2 heteroatoms. The fourth-order valence-electron chi connectivity index (χ4n) is 2.00. The SMILES string of the molecule is CCCCCCCCCCc1ccsc1N. The number of nitrogen functional groups attached to an aromatic ring is 1. The molecule has 0 aliphatic heterocycles. The predicted molar refractivity (Wildman–Crippen MR) is 75.0 cm³/mol. The van der Waals surface area contributed by atoms with E-state index in [2.05, 4.69) is 18.4 Å². The second-order valence-corrected chi connectivity index (χ2v) is 5.48. The lowest BCUT2D eigenvalue weighted by molar-refractivity contribution is 0.576. The van der Waals surface area contributed by atoms with Crippen LogP contribution in [0.5, 0.6) is 0 Å². The third-order valence-electron chi connectivity index (χ3n) is 3.08. The van der Waals surface area contributed by atoms with Crippen LogP contribution in [-0.2, 0) is 6.42 Å². The summed E-state index contributed by atoms with van der Waals surface area (Å²) >= 11 is 1.66. The summed E-state index contributed by atoms with van der Waals surface area (Å²) in [5.74, 6) is 0. The molecule has 0 aromatic carbocycles. The molecule has 0 saturated heterocycles. The van der Waals surface area contributed by atoms with Gasteiger partial charge < -0.3 is 5.73 Å². The van der Waals surface area contributed by atoms with E-state index in [9.17, 15) is 0 Å². The second-order valence-electron chi connectivity index (χ2n) is 4.53. The van der Waals surface area contributed by atoms with Gasteiger partial charge >= 0.3 is 0 Å². The summed E-state index contributed by atoms with van der Waals surface area (Å²) < 4.78 is 0. The molecule has 0 atom stereocenters. The zero-order valence-electron chi connectivity index (χ0n) is 10.5. The summed E-state index contributed by atoms with van der Waals surface area (Å²) in [6, 6.07) is 2.17. The van der Waals surface area contributed by atoms with Gasteiger partial charge in [0.25, 0.3) is 0 Å². The predicted octanol–water partition coefficient (Wildman–Crippen LogP) is 5.01. The van der Waals surface area contributed by atoms with Crippen LogP contribution in [0.3, 0.4) is 0 Å². The minimum absolute atomic E-state index is 1.02. The minimum atomic E-state index is 1.02. The molecule has 1 rings (SSSR count). The quantitative estimate of drug-likeness (QED) is 0.602. The number of hydrogen-bond acceptors (Lipinski definition) is 2. The average molecular weight is 239 g/mol. The van der Waals surface area contributed by atoms with Crippen LogP contribution in [0.4, 0.5) is 5.00 Å². The number of nitrogens with two attached hydrogens (primary N) is 1. The van der Waals surface area contributed by atoms with Crippen molar-refractivity contribution < 1.29 is 0 Å². The van der Waals surface area contributed by atoms with E-state index in [0.717, 1.165) is 5.00 Å². The van der Waals surface area contributed by atoms with Crippen molar-refractivity contribution in [1.82, 2.24) is 0 Å². The van der Waals surface area contributed by atoms with E-state index in [0.29, 0.717) is 0 Å². The van der Waals surface area contributed by atoms with Gasteiger partial charge in [-0.05, 0) is 29.9 Å². The molecule has 16 heavy (non-hydrogen) atoms. The Hall–Kier alpha value is -0.500. The van der Waals surface area contributed by atoms with Crippen molar-refractivity contribution in [3.05, 3.63) is 17.0 Å². The van der Waals surface area contributed by atoms with E-state index in [1.807, 2.05) is 0 Å². The molecule has 0 amide bonds. The Balaban J connectivity index is 1.91. The van der Waals surface area contributed by atoms with Crippen LogP contribution in [-0.4, -0.2) is 0 Å². The molecule has 0 saturated carbocycles. The number of unbranched alkanes of at least 4 members (excludes halogenated alkanes) is 7. The first-order valence-electron chi connectivity index (χ1n) is 6.66. The Kier molecular flexibility index (Phi) is 7.32. The van der Waals surface area contributed by atoms with Gasteiger partial charge in [0.2, 0.25) is 0 Å². The van der Waals surface area contributed by atoms with E-state index in [1.54, 1.807) is 11.3 Å². The highest BCUT2D eigenvalue weighted by Crippen LogP contribution is 2.21. The molecule has 0 aliphatic rings. The molecule has 1 nitrogen and oxygen atoms in total. The molecule has 0 unspecified atom stereocenters. The van der Waals surface area contributed by atoms with Crippen LogP contribution >= 0.6 is 11.3 Å². The van der Waals surface area contributed by atoms with E-state index in [4.69, 9.17) is 5.73 Å². The second kappa shape index (κ2) is 8.63. The Labute approximate surface area is 104 Å². The van der Waals surface area contributed by atoms with Crippen LogP contribution in [0.2, 0.25) is 0 Å². The van der Waals surface area contributed by atoms with Crippen molar-refractivity contribution in [2.45, 2.75) is 64.7 Å². The first-order valence-corrected chi connectivity index (χ1v) is 7.54. The lowest BCUT2D eigenvalue weighted by atomic mass is 10.1. The zero-order valence-corrected chi connectivity index (χ0v) is 11.3. The maximum absolute atomic E-state index is 5.85. The average Bonchev–Trinajstić information content (AvgIpc) is 2.68. The van der Waals surface area contributed by atoms with E-state index >= 15 is 0 Å². The number of thiophene rings is 1. The van der Waals surface area contributed by atoms with Gasteiger partial charge in [0.1, 0.15) is 0 Å². The highest BCUT2D eigenvalue weighted by atomic mass is 32.1. The molecule has 0 fully saturated rings. The van der Waals surface area contributed by atoms with Crippen molar-refractivity contribution in [3.8, 4) is 0 Å². The van der Waals surface area contributed by atoms with E-state index in [-0.39, 0.29) is 0 Å². The standard InChI is InChI=1S/C14H25NS/c1-2-3-4-5-6-7-8-9-10-13-11-12-16-14(13)15/h11-12H,2-10,15H2,1H3. The summed E-state index contributed by atoms with van der Waals surface area (Å²) in [5.41, 5.74) is 7.21. The maximum atomic E-state index is 5.85. The molecule has 1 heterocycles. The van der Waals surface area contributed by atoms with Gasteiger partial charge in [-0.25, -0.2) is 0 Å². The van der Waals surface area contributed by atoms with Crippen LogP contribution < -0.4 is 5.73 Å². The van der Waals surface area contributed by atoms with Gasteiger partial charge in [0.15, 0.2) is 0 Å². The molecular weight excluding hydrogens is 214 g/mol. The highest BCUT2D eigenvalue weighted by Gasteiger charge is 1.99. The topological polar surface area (TPSA) is 26.0 Å². The summed E-state index contributed by atoms with van der Waals surface area (Å²) in [4.78, 5) is 0. The summed E-state index contributed by atoms with van der Waals surface area (Å²) in [6.45, 7) is 2.27. The number of anilines is 1. The van der Waals surface area contributed by atoms with Crippen LogP contribution in [0.1, 0.15) is 63.9 Å². The van der Waals surface area contributed by atoms with Crippen molar-refractivity contribution in [3.63, 3.8) is 0 Å². The van der Waals surface area contributed by atoms with Gasteiger partial charge in [-0.1, -0.05) is 51.9 Å². The molecule has 1 aromatic rings. The van der Waals surface area contributed by atoms with Crippen molar-refractivity contribution in [2.24, 2.45) is 0 Å². The monoisotopic (exact) mass is 239 g/mol. The van der Waals surface area contributed by atoms with Crippen LogP contribution in [0.15, 0.2) is 11.4 Å². The first-order chi connectivity index (χ1) is 7.84. The highest BCUT2D eigenvalue weighted by molar-refractivity contribution is 7.14. The smallest absolute Gasteiger partial charge is 0.0888 e. The Morgan fingerprint density at radius 2 is 1.62 bits per heavy atom. The Bertz CT molecular complexity index is 267. The van der Waals surface area contributed by atoms with Crippen molar-refractivity contribution in [2.75, 3.05) is 5.73 Å². The van der Waals surface area contributed by atoms with Gasteiger partial charge in [0.05, 0.1) is 5.00 Å². The molecule has 1 aromatic heterocycles. The normalized spacial score (nSPS) is 10.8. The molecule has 92 valence electrons. The molecule has 0 spiro atoms. The van der Waals surface area contributed by atoms with Gasteiger partial charge in [-0.3, -0.25) is 0 Å². The Morgan fingerprint density at radius 3 is 2.19 bits per heavy atom. The third-order valence-corrected chi connectivity index (χ3v) is 3.87. The molecule has 2 N–H and O–H groups in total. The lowest BCUT2D eigenvalue weighted by Gasteiger charge is -2.01. The van der Waals surface area contributed by atoms with E-state index < -0.39 is 0 Å². The van der Waals surface area contributed by atoms with Crippen molar-refractivity contribution >= 4 is 16.3 Å². The minimum Gasteiger partial charge on any atom is -0.390 e. The van der Waals surface area contributed by atoms with Crippen molar-refractivity contribution in [1.29, 1.82) is 0 Å². The Morgan fingerprint density at radius 1 is 1.00 bits per heavy atom. The fourth-order valence-corrected chi connectivity index (χ4v) is 2.70. The fraction of sp³-hybridized carbons (Fsp3) is 0.714. The third kappa shape index (κ3) is 5.55. The summed E-state index contributed by atoms with van der Waals surface area (Å²) in [5, 5.41) is 3.11. The first kappa shape index (κ1) is 13.6.